The maximum absolute atomic E-state index is 12.0. The molecule has 2 aromatic rings. The third kappa shape index (κ3) is 5.44. The summed E-state index contributed by atoms with van der Waals surface area (Å²) in [5.41, 5.74) is 6.39. The van der Waals surface area contributed by atoms with Gasteiger partial charge in [-0.3, -0.25) is 9.59 Å². The summed E-state index contributed by atoms with van der Waals surface area (Å²) in [6.07, 6.45) is 0.0815. The van der Waals surface area contributed by atoms with Crippen molar-refractivity contribution in [1.82, 2.24) is 5.43 Å². The number of aryl methyl sites for hydroxylation is 2. The van der Waals surface area contributed by atoms with Gasteiger partial charge in [-0.05, 0) is 56.2 Å². The minimum Gasteiger partial charge on any atom is -0.507 e. The van der Waals surface area contributed by atoms with Gasteiger partial charge >= 0.3 is 0 Å². The van der Waals surface area contributed by atoms with Crippen LogP contribution in [-0.4, -0.2) is 22.6 Å². The Morgan fingerprint density at radius 3 is 2.38 bits per heavy atom. The predicted octanol–water partition coefficient (Wildman–Crippen LogP) is 3.27. The van der Waals surface area contributed by atoms with Crippen molar-refractivity contribution in [3.63, 3.8) is 0 Å². The number of rotatable bonds is 6. The summed E-state index contributed by atoms with van der Waals surface area (Å²) in [4.78, 5) is 23.8. The number of benzene rings is 2. The molecular formula is C20H23N3O3. The number of phenols is 1. The first kappa shape index (κ1) is 19.2. The van der Waals surface area contributed by atoms with E-state index >= 15 is 0 Å². The quantitative estimate of drug-likeness (QED) is 0.550. The molecular weight excluding hydrogens is 330 g/mol. The molecule has 0 heterocycles. The van der Waals surface area contributed by atoms with Gasteiger partial charge in [-0.1, -0.05) is 18.2 Å². The zero-order valence-corrected chi connectivity index (χ0v) is 15.2. The van der Waals surface area contributed by atoms with Crippen LogP contribution in [0.1, 0.15) is 36.5 Å². The summed E-state index contributed by atoms with van der Waals surface area (Å²) in [5.74, 6) is -0.504. The van der Waals surface area contributed by atoms with Gasteiger partial charge in [-0.2, -0.15) is 5.10 Å². The van der Waals surface area contributed by atoms with Gasteiger partial charge in [0.25, 0.3) is 0 Å². The van der Waals surface area contributed by atoms with Gasteiger partial charge in [-0.15, -0.1) is 0 Å². The van der Waals surface area contributed by atoms with Crippen LogP contribution in [0.2, 0.25) is 0 Å². The third-order valence-electron chi connectivity index (χ3n) is 4.01. The summed E-state index contributed by atoms with van der Waals surface area (Å²) in [6, 6.07) is 12.4. The number of hydrazone groups is 1. The molecule has 0 fully saturated rings. The standard InChI is InChI=1S/C20H23N3O3/c1-13-8-9-16(12-14(13)2)21-19(25)10-11-20(26)23-22-15(3)17-6-4-5-7-18(17)24/h4-9,12,24H,10-11H2,1-3H3,(H,21,25)(H,23,26)/b22-15-. The van der Waals surface area contributed by atoms with Crippen molar-refractivity contribution in [1.29, 1.82) is 0 Å². The topological polar surface area (TPSA) is 90.8 Å². The highest BCUT2D eigenvalue weighted by Gasteiger charge is 2.08. The molecule has 2 rings (SSSR count). The van der Waals surface area contributed by atoms with Crippen LogP contribution in [0.3, 0.4) is 0 Å². The Balaban J connectivity index is 1.82. The van der Waals surface area contributed by atoms with Crippen molar-refractivity contribution in [2.45, 2.75) is 33.6 Å². The largest absolute Gasteiger partial charge is 0.507 e. The molecule has 6 nitrogen and oxygen atoms in total. The van der Waals surface area contributed by atoms with E-state index in [1.807, 2.05) is 32.0 Å². The molecule has 0 aliphatic carbocycles. The highest BCUT2D eigenvalue weighted by atomic mass is 16.3. The van der Waals surface area contributed by atoms with Gasteiger partial charge < -0.3 is 10.4 Å². The van der Waals surface area contributed by atoms with E-state index in [0.29, 0.717) is 17.0 Å². The minimum absolute atomic E-state index is 0.0221. The van der Waals surface area contributed by atoms with E-state index in [2.05, 4.69) is 15.8 Å². The van der Waals surface area contributed by atoms with E-state index in [1.54, 1.807) is 31.2 Å². The highest BCUT2D eigenvalue weighted by molar-refractivity contribution is 6.01. The van der Waals surface area contributed by atoms with E-state index < -0.39 is 0 Å². The normalized spacial score (nSPS) is 11.1. The summed E-state index contributed by atoms with van der Waals surface area (Å²) >= 11 is 0. The fourth-order valence-electron chi connectivity index (χ4n) is 2.31. The summed E-state index contributed by atoms with van der Waals surface area (Å²) < 4.78 is 0. The molecule has 0 unspecified atom stereocenters. The van der Waals surface area contributed by atoms with E-state index in [9.17, 15) is 14.7 Å². The van der Waals surface area contributed by atoms with Crippen molar-refractivity contribution in [3.8, 4) is 5.75 Å². The van der Waals surface area contributed by atoms with Crippen molar-refractivity contribution in [3.05, 3.63) is 59.2 Å². The van der Waals surface area contributed by atoms with Crippen molar-refractivity contribution in [2.24, 2.45) is 5.10 Å². The van der Waals surface area contributed by atoms with Crippen LogP contribution in [0, 0.1) is 13.8 Å². The van der Waals surface area contributed by atoms with Gasteiger partial charge in [0, 0.05) is 24.1 Å². The molecule has 0 spiro atoms. The first-order valence-corrected chi connectivity index (χ1v) is 8.35. The van der Waals surface area contributed by atoms with Crippen LogP contribution in [-0.2, 0) is 9.59 Å². The molecule has 26 heavy (non-hydrogen) atoms. The Labute approximate surface area is 152 Å². The van der Waals surface area contributed by atoms with Gasteiger partial charge in [0.2, 0.25) is 11.8 Å². The fourth-order valence-corrected chi connectivity index (χ4v) is 2.31. The predicted molar refractivity (Wildman–Crippen MR) is 102 cm³/mol. The van der Waals surface area contributed by atoms with Crippen molar-refractivity contribution >= 4 is 23.2 Å². The van der Waals surface area contributed by atoms with Crippen LogP contribution >= 0.6 is 0 Å². The van der Waals surface area contributed by atoms with Crippen LogP contribution < -0.4 is 10.7 Å². The molecule has 0 aliphatic rings. The average Bonchev–Trinajstić information content (AvgIpc) is 2.61. The van der Waals surface area contributed by atoms with E-state index in [0.717, 1.165) is 11.1 Å². The second-order valence-corrected chi connectivity index (χ2v) is 6.10. The second-order valence-electron chi connectivity index (χ2n) is 6.10. The van der Waals surface area contributed by atoms with Gasteiger partial charge in [-0.25, -0.2) is 5.43 Å². The second kappa shape index (κ2) is 8.80. The number of anilines is 1. The Hall–Kier alpha value is -3.15. The molecule has 6 heteroatoms. The number of para-hydroxylation sites is 1. The smallest absolute Gasteiger partial charge is 0.240 e. The number of nitrogens with zero attached hydrogens (tertiary/aromatic N) is 1. The van der Waals surface area contributed by atoms with E-state index in [-0.39, 0.29) is 30.4 Å². The summed E-state index contributed by atoms with van der Waals surface area (Å²) in [5, 5.41) is 16.5. The molecule has 0 saturated carbocycles. The molecule has 3 N–H and O–H groups in total. The van der Waals surface area contributed by atoms with E-state index in [4.69, 9.17) is 0 Å². The average molecular weight is 353 g/mol. The van der Waals surface area contributed by atoms with Crippen LogP contribution in [0.4, 0.5) is 5.69 Å². The lowest BCUT2D eigenvalue weighted by Crippen LogP contribution is -2.21. The lowest BCUT2D eigenvalue weighted by molar-refractivity contribution is -0.124. The molecule has 136 valence electrons. The number of phenolic OH excluding ortho intramolecular Hbond substituents is 1. The molecule has 2 amide bonds. The summed E-state index contributed by atoms with van der Waals surface area (Å²) in [7, 11) is 0. The van der Waals surface area contributed by atoms with Crippen molar-refractivity contribution in [2.75, 3.05) is 5.32 Å². The minimum atomic E-state index is -0.366. The molecule has 0 aliphatic heterocycles. The SMILES string of the molecule is C/C(=N/NC(=O)CCC(=O)Nc1ccc(C)c(C)c1)c1ccccc1O. The monoisotopic (exact) mass is 353 g/mol. The summed E-state index contributed by atoms with van der Waals surface area (Å²) in [6.45, 7) is 5.66. The molecule has 0 atom stereocenters. The van der Waals surface area contributed by atoms with Crippen LogP contribution in [0.25, 0.3) is 0 Å². The number of nitrogens with one attached hydrogen (secondary N) is 2. The first-order chi connectivity index (χ1) is 12.4. The molecule has 0 aromatic heterocycles. The number of aromatic hydroxyl groups is 1. The molecule has 0 bridgehead atoms. The van der Waals surface area contributed by atoms with E-state index in [1.165, 1.54) is 0 Å². The molecule has 2 aromatic carbocycles. The lowest BCUT2D eigenvalue weighted by atomic mass is 10.1. The van der Waals surface area contributed by atoms with Crippen LogP contribution in [0.5, 0.6) is 5.75 Å². The highest BCUT2D eigenvalue weighted by Crippen LogP contribution is 2.16. The Morgan fingerprint density at radius 2 is 1.69 bits per heavy atom. The number of carbonyl (C=O) groups excluding carboxylic acids is 2. The van der Waals surface area contributed by atoms with Gasteiger partial charge in [0.05, 0.1) is 5.71 Å². The van der Waals surface area contributed by atoms with Gasteiger partial charge in [0.1, 0.15) is 5.75 Å². The molecule has 0 radical (unpaired) electrons. The zero-order chi connectivity index (χ0) is 19.1. The third-order valence-corrected chi connectivity index (χ3v) is 4.01. The Bertz CT molecular complexity index is 844. The maximum Gasteiger partial charge on any atom is 0.240 e. The number of carbonyl (C=O) groups is 2. The zero-order valence-electron chi connectivity index (χ0n) is 15.2. The lowest BCUT2D eigenvalue weighted by Gasteiger charge is -2.08. The number of hydrogen-bond donors (Lipinski definition) is 3. The molecule has 0 saturated heterocycles. The Morgan fingerprint density at radius 1 is 1.00 bits per heavy atom. The maximum atomic E-state index is 12.0. The fraction of sp³-hybridized carbons (Fsp3) is 0.250. The van der Waals surface area contributed by atoms with Crippen LogP contribution in [0.15, 0.2) is 47.6 Å². The Kier molecular flexibility index (Phi) is 6.49. The number of hydrogen-bond acceptors (Lipinski definition) is 4. The van der Waals surface area contributed by atoms with Crippen molar-refractivity contribution < 1.29 is 14.7 Å². The van der Waals surface area contributed by atoms with Gasteiger partial charge in [0.15, 0.2) is 0 Å². The number of amides is 2. The first-order valence-electron chi connectivity index (χ1n) is 8.35.